The summed E-state index contributed by atoms with van der Waals surface area (Å²) in [6.45, 7) is 10.5. The SMILES string of the molecule is CN=C1N(c2cccc(Cl)c2C=O)c2cc(C3(O)CCN(C(=O)OC(C)(C)C)CC3)ccc2C1(C)C. The van der Waals surface area contributed by atoms with Crippen LogP contribution in [0.1, 0.15) is 68.9 Å². The molecular weight excluding hydrogens is 478 g/mol. The van der Waals surface area contributed by atoms with Gasteiger partial charge in [-0.15, -0.1) is 0 Å². The lowest BCUT2D eigenvalue weighted by Crippen LogP contribution is -2.46. The number of hydrogen-bond donors (Lipinski definition) is 1. The molecule has 0 aliphatic carbocycles. The minimum Gasteiger partial charge on any atom is -0.444 e. The first-order chi connectivity index (χ1) is 16.8. The summed E-state index contributed by atoms with van der Waals surface area (Å²) in [6, 6.07) is 11.3. The quantitative estimate of drug-likeness (QED) is 0.524. The van der Waals surface area contributed by atoms with Crippen LogP contribution in [0.4, 0.5) is 16.2 Å². The van der Waals surface area contributed by atoms with E-state index in [2.05, 4.69) is 18.8 Å². The predicted octanol–water partition coefficient (Wildman–Crippen LogP) is 5.83. The first-order valence-electron chi connectivity index (χ1n) is 12.2. The van der Waals surface area contributed by atoms with Crippen LogP contribution in [-0.4, -0.2) is 54.0 Å². The van der Waals surface area contributed by atoms with E-state index in [-0.39, 0.29) is 6.09 Å². The van der Waals surface area contributed by atoms with Crippen LogP contribution in [0.2, 0.25) is 5.02 Å². The van der Waals surface area contributed by atoms with Gasteiger partial charge in [-0.05, 0) is 76.8 Å². The lowest BCUT2D eigenvalue weighted by atomic mass is 9.81. The van der Waals surface area contributed by atoms with Crippen molar-refractivity contribution in [3.63, 3.8) is 0 Å². The highest BCUT2D eigenvalue weighted by Gasteiger charge is 2.45. The van der Waals surface area contributed by atoms with E-state index in [1.165, 1.54) is 0 Å². The van der Waals surface area contributed by atoms with Crippen molar-refractivity contribution in [3.8, 4) is 0 Å². The number of amidine groups is 1. The van der Waals surface area contributed by atoms with Crippen LogP contribution in [-0.2, 0) is 15.8 Å². The molecule has 8 heteroatoms. The van der Waals surface area contributed by atoms with Gasteiger partial charge in [0.25, 0.3) is 0 Å². The Labute approximate surface area is 217 Å². The molecule has 2 heterocycles. The fourth-order valence-corrected chi connectivity index (χ4v) is 5.40. The zero-order valence-corrected chi connectivity index (χ0v) is 22.5. The fourth-order valence-electron chi connectivity index (χ4n) is 5.18. The molecule has 0 unspecified atom stereocenters. The summed E-state index contributed by atoms with van der Waals surface area (Å²) in [6.07, 6.45) is 1.18. The number of nitrogens with zero attached hydrogens (tertiary/aromatic N) is 3. The standard InChI is InChI=1S/C28H34ClN3O4/c1-26(2,3)36-25(34)31-14-12-28(35,13-15-31)18-10-11-20-23(16-18)32(24(30-6)27(20,4)5)22-9-7-8-21(29)19(22)17-33/h7-11,16-17,35H,12-15H2,1-6H3. The maximum atomic E-state index is 12.5. The molecule has 1 N–H and O–H groups in total. The molecule has 0 atom stereocenters. The Bertz CT molecular complexity index is 1220. The molecular formula is C28H34ClN3O4. The second kappa shape index (κ2) is 9.20. The summed E-state index contributed by atoms with van der Waals surface area (Å²) in [5.41, 5.74) is 1.60. The minimum absolute atomic E-state index is 0.363. The molecule has 0 saturated carbocycles. The Kier molecular flexibility index (Phi) is 6.69. The number of likely N-dealkylation sites (tertiary alicyclic amines) is 1. The molecule has 0 radical (unpaired) electrons. The Morgan fingerprint density at radius 1 is 1.14 bits per heavy atom. The van der Waals surface area contributed by atoms with Crippen LogP contribution in [0.25, 0.3) is 0 Å². The molecule has 36 heavy (non-hydrogen) atoms. The number of piperidine rings is 1. The lowest BCUT2D eigenvalue weighted by Gasteiger charge is -2.39. The number of carbonyl (C=O) groups is 2. The van der Waals surface area contributed by atoms with Crippen LogP contribution < -0.4 is 4.90 Å². The third kappa shape index (κ3) is 4.50. The maximum Gasteiger partial charge on any atom is 0.410 e. The van der Waals surface area contributed by atoms with Crippen molar-refractivity contribution < 1.29 is 19.4 Å². The number of rotatable bonds is 3. The van der Waals surface area contributed by atoms with E-state index in [1.807, 2.05) is 56.0 Å². The van der Waals surface area contributed by atoms with Gasteiger partial charge in [0.15, 0.2) is 6.29 Å². The molecule has 0 bridgehead atoms. The summed E-state index contributed by atoms with van der Waals surface area (Å²) in [7, 11) is 1.74. The second-order valence-corrected chi connectivity index (χ2v) is 11.4. The van der Waals surface area contributed by atoms with E-state index in [1.54, 1.807) is 18.0 Å². The Morgan fingerprint density at radius 2 is 1.81 bits per heavy atom. The molecule has 1 amide bonds. The lowest BCUT2D eigenvalue weighted by molar-refractivity contribution is -0.0356. The molecule has 0 aromatic heterocycles. The Balaban J connectivity index is 1.71. The number of fused-ring (bicyclic) bond motifs is 1. The molecule has 1 fully saturated rings. The van der Waals surface area contributed by atoms with Crippen LogP contribution in [0.5, 0.6) is 0 Å². The van der Waals surface area contributed by atoms with Gasteiger partial charge >= 0.3 is 6.09 Å². The highest BCUT2D eigenvalue weighted by Crippen LogP contribution is 2.49. The summed E-state index contributed by atoms with van der Waals surface area (Å²) in [5.74, 6) is 0.784. The third-order valence-corrected chi connectivity index (χ3v) is 7.39. The first kappa shape index (κ1) is 26.2. The van der Waals surface area contributed by atoms with Crippen molar-refractivity contribution in [1.29, 1.82) is 0 Å². The van der Waals surface area contributed by atoms with Crippen molar-refractivity contribution in [2.75, 3.05) is 25.0 Å². The number of benzene rings is 2. The summed E-state index contributed by atoms with van der Waals surface area (Å²) in [5, 5.41) is 12.0. The van der Waals surface area contributed by atoms with Crippen molar-refractivity contribution in [1.82, 2.24) is 4.90 Å². The van der Waals surface area contributed by atoms with Gasteiger partial charge in [0.2, 0.25) is 0 Å². The summed E-state index contributed by atoms with van der Waals surface area (Å²) < 4.78 is 5.50. The molecule has 0 spiro atoms. The fraction of sp³-hybridized carbons (Fsp3) is 0.464. The van der Waals surface area contributed by atoms with E-state index in [4.69, 9.17) is 16.3 Å². The number of aliphatic imine (C=N–C) groups is 1. The molecule has 4 rings (SSSR count). The van der Waals surface area contributed by atoms with Crippen molar-refractivity contribution in [2.24, 2.45) is 4.99 Å². The van der Waals surface area contributed by atoms with Gasteiger partial charge in [0.1, 0.15) is 11.4 Å². The number of carbonyl (C=O) groups excluding carboxylic acids is 2. The number of ether oxygens (including phenoxy) is 1. The molecule has 2 aliphatic rings. The zero-order valence-electron chi connectivity index (χ0n) is 21.8. The van der Waals surface area contributed by atoms with Gasteiger partial charge in [0, 0.05) is 25.6 Å². The average molecular weight is 512 g/mol. The van der Waals surface area contributed by atoms with E-state index < -0.39 is 16.6 Å². The minimum atomic E-state index is -1.10. The van der Waals surface area contributed by atoms with Crippen molar-refractivity contribution >= 4 is 41.2 Å². The second-order valence-electron chi connectivity index (χ2n) is 11.0. The van der Waals surface area contributed by atoms with Crippen LogP contribution in [0.3, 0.4) is 0 Å². The maximum absolute atomic E-state index is 12.5. The molecule has 7 nitrogen and oxygen atoms in total. The monoisotopic (exact) mass is 511 g/mol. The van der Waals surface area contributed by atoms with E-state index in [0.29, 0.717) is 42.2 Å². The summed E-state index contributed by atoms with van der Waals surface area (Å²) in [4.78, 5) is 32.7. The Morgan fingerprint density at radius 3 is 2.39 bits per heavy atom. The third-order valence-electron chi connectivity index (χ3n) is 7.06. The molecule has 2 aliphatic heterocycles. The van der Waals surface area contributed by atoms with Gasteiger partial charge in [-0.25, -0.2) is 4.79 Å². The van der Waals surface area contributed by atoms with Crippen molar-refractivity contribution in [3.05, 3.63) is 58.1 Å². The molecule has 2 aromatic rings. The zero-order chi connectivity index (χ0) is 26.5. The largest absolute Gasteiger partial charge is 0.444 e. The number of aldehydes is 1. The number of anilines is 2. The van der Waals surface area contributed by atoms with Gasteiger partial charge in [0.05, 0.1) is 27.6 Å². The highest BCUT2D eigenvalue weighted by atomic mass is 35.5. The van der Waals surface area contributed by atoms with Gasteiger partial charge in [-0.2, -0.15) is 0 Å². The topological polar surface area (TPSA) is 82.4 Å². The van der Waals surface area contributed by atoms with Gasteiger partial charge in [-0.1, -0.05) is 29.8 Å². The van der Waals surface area contributed by atoms with E-state index in [9.17, 15) is 14.7 Å². The van der Waals surface area contributed by atoms with Crippen LogP contribution in [0.15, 0.2) is 41.4 Å². The highest BCUT2D eigenvalue weighted by molar-refractivity contribution is 6.34. The van der Waals surface area contributed by atoms with Gasteiger partial charge < -0.3 is 14.7 Å². The first-order valence-corrected chi connectivity index (χ1v) is 12.6. The normalized spacial score (nSPS) is 19.8. The smallest absolute Gasteiger partial charge is 0.410 e. The number of halogens is 1. The Hall–Kier alpha value is -2.90. The molecule has 192 valence electrons. The molecule has 2 aromatic carbocycles. The van der Waals surface area contributed by atoms with Crippen LogP contribution in [0, 0.1) is 0 Å². The predicted molar refractivity (Wildman–Crippen MR) is 143 cm³/mol. The number of aliphatic hydroxyl groups is 1. The molecule has 1 saturated heterocycles. The van der Waals surface area contributed by atoms with Crippen molar-refractivity contribution in [2.45, 2.75) is 64.1 Å². The van der Waals surface area contributed by atoms with E-state index >= 15 is 0 Å². The van der Waals surface area contributed by atoms with E-state index in [0.717, 1.165) is 28.9 Å². The average Bonchev–Trinajstić information content (AvgIpc) is 3.03. The van der Waals surface area contributed by atoms with Crippen LogP contribution >= 0.6 is 11.6 Å². The summed E-state index contributed by atoms with van der Waals surface area (Å²) >= 11 is 6.37. The number of hydrogen-bond acceptors (Lipinski definition) is 5. The van der Waals surface area contributed by atoms with Gasteiger partial charge in [-0.3, -0.25) is 14.7 Å². The number of amides is 1.